The lowest BCUT2D eigenvalue weighted by atomic mass is 10.1. The Kier molecular flexibility index (Phi) is 7.70. The number of esters is 1. The topological polar surface area (TPSA) is 82.1 Å². The van der Waals surface area contributed by atoms with E-state index in [1.54, 1.807) is 31.2 Å². The highest BCUT2D eigenvalue weighted by Gasteiger charge is 2.41. The maximum Gasteiger partial charge on any atom is 0.329 e. The van der Waals surface area contributed by atoms with Gasteiger partial charge in [0.25, 0.3) is 11.1 Å². The molecule has 1 aliphatic rings. The molecule has 1 aliphatic heterocycles. The average Bonchev–Trinajstić information content (AvgIpc) is 2.94. The summed E-state index contributed by atoms with van der Waals surface area (Å²) in [6.45, 7) is 7.20. The molecular formula is C19H20BrNO6S. The number of hydrogen-bond acceptors (Lipinski definition) is 7. The maximum atomic E-state index is 12.7. The van der Waals surface area contributed by atoms with Crippen molar-refractivity contribution in [2.75, 3.05) is 20.3 Å². The van der Waals surface area contributed by atoms with Crippen LogP contribution in [-0.4, -0.2) is 48.4 Å². The molecule has 1 fully saturated rings. The molecule has 0 bridgehead atoms. The molecule has 28 heavy (non-hydrogen) atoms. The van der Waals surface area contributed by atoms with Crippen molar-refractivity contribution in [1.29, 1.82) is 0 Å². The van der Waals surface area contributed by atoms with Crippen LogP contribution in [-0.2, 0) is 14.3 Å². The highest BCUT2D eigenvalue weighted by atomic mass is 79.9. The van der Waals surface area contributed by atoms with Gasteiger partial charge in [0.05, 0.1) is 18.6 Å². The van der Waals surface area contributed by atoms with Gasteiger partial charge in [-0.2, -0.15) is 0 Å². The predicted molar refractivity (Wildman–Crippen MR) is 110 cm³/mol. The van der Waals surface area contributed by atoms with Crippen LogP contribution >= 0.6 is 27.7 Å². The molecule has 1 aromatic carbocycles. The van der Waals surface area contributed by atoms with Crippen LogP contribution in [0.3, 0.4) is 0 Å². The van der Waals surface area contributed by atoms with Gasteiger partial charge in [0, 0.05) is 4.47 Å². The van der Waals surface area contributed by atoms with Crippen molar-refractivity contribution in [2.24, 2.45) is 0 Å². The molecule has 1 atom stereocenters. The Morgan fingerprint density at radius 3 is 2.68 bits per heavy atom. The number of carbonyl (C=O) groups excluding carboxylic acids is 3. The third-order valence-corrected chi connectivity index (χ3v) is 5.34. The fourth-order valence-electron chi connectivity index (χ4n) is 2.41. The molecule has 0 saturated carbocycles. The quantitative estimate of drug-likeness (QED) is 0.323. The first kappa shape index (κ1) is 22.0. The third-order valence-electron chi connectivity index (χ3n) is 3.76. The van der Waals surface area contributed by atoms with Crippen LogP contribution in [0.1, 0.15) is 19.4 Å². The van der Waals surface area contributed by atoms with Crippen LogP contribution in [0.15, 0.2) is 34.2 Å². The fourth-order valence-corrected chi connectivity index (χ4v) is 3.74. The largest absolute Gasteiger partial charge is 0.493 e. The van der Waals surface area contributed by atoms with Crippen molar-refractivity contribution < 1.29 is 28.6 Å². The molecule has 2 amide bonds. The van der Waals surface area contributed by atoms with Gasteiger partial charge in [0.15, 0.2) is 11.5 Å². The molecule has 0 aromatic heterocycles. The number of nitrogens with zero attached hydrogens (tertiary/aromatic N) is 1. The molecule has 1 heterocycles. The molecule has 150 valence electrons. The van der Waals surface area contributed by atoms with Crippen molar-refractivity contribution in [3.8, 4) is 11.5 Å². The third kappa shape index (κ3) is 4.77. The summed E-state index contributed by atoms with van der Waals surface area (Å²) in [7, 11) is 1.50. The Morgan fingerprint density at radius 1 is 1.36 bits per heavy atom. The van der Waals surface area contributed by atoms with Gasteiger partial charge in [-0.3, -0.25) is 14.5 Å². The van der Waals surface area contributed by atoms with Crippen LogP contribution in [0, 0.1) is 0 Å². The summed E-state index contributed by atoms with van der Waals surface area (Å²) in [6.07, 6.45) is 3.18. The summed E-state index contributed by atoms with van der Waals surface area (Å²) >= 11 is 4.20. The second-order valence-corrected chi connectivity index (χ2v) is 7.45. The monoisotopic (exact) mass is 469 g/mol. The lowest BCUT2D eigenvalue weighted by Crippen LogP contribution is -2.42. The Morgan fingerprint density at radius 2 is 2.07 bits per heavy atom. The molecule has 0 aliphatic carbocycles. The Labute approximate surface area is 175 Å². The minimum Gasteiger partial charge on any atom is -0.493 e. The summed E-state index contributed by atoms with van der Waals surface area (Å²) in [5, 5.41) is -0.522. The molecule has 0 spiro atoms. The zero-order valence-corrected chi connectivity index (χ0v) is 18.1. The van der Waals surface area contributed by atoms with Crippen LogP contribution in [0.4, 0.5) is 4.79 Å². The van der Waals surface area contributed by atoms with Crippen LogP contribution in [0.5, 0.6) is 11.5 Å². The Hall–Kier alpha value is -2.26. The normalized spacial score (nSPS) is 16.3. The first-order chi connectivity index (χ1) is 13.3. The summed E-state index contributed by atoms with van der Waals surface area (Å²) in [4.78, 5) is 37.9. The van der Waals surface area contributed by atoms with Gasteiger partial charge >= 0.3 is 5.97 Å². The fraction of sp³-hybridized carbons (Fsp3) is 0.316. The standard InChI is InChI=1S/C19H20BrNO6S/c1-5-7-27-15-10-13(20)12(8-14(15)25-4)9-16-17(22)21(19(24)28-16)11(3)18(23)26-6-2/h5,8-11H,1,6-7H2,2-4H3/b16-9+/t11-/m1/s1. The van der Waals surface area contributed by atoms with Crippen molar-refractivity contribution >= 4 is 50.9 Å². The number of methoxy groups -OCH3 is 1. The van der Waals surface area contributed by atoms with Crippen molar-refractivity contribution in [3.63, 3.8) is 0 Å². The first-order valence-electron chi connectivity index (χ1n) is 8.38. The van der Waals surface area contributed by atoms with Gasteiger partial charge in [0.2, 0.25) is 0 Å². The number of hydrogen-bond donors (Lipinski definition) is 0. The Balaban J connectivity index is 2.33. The van der Waals surface area contributed by atoms with Crippen LogP contribution < -0.4 is 9.47 Å². The lowest BCUT2D eigenvalue weighted by molar-refractivity contribution is -0.150. The second-order valence-electron chi connectivity index (χ2n) is 5.60. The number of imide groups is 1. The van der Waals surface area contributed by atoms with Gasteiger partial charge in [-0.1, -0.05) is 28.6 Å². The minimum absolute atomic E-state index is 0.169. The number of carbonyl (C=O) groups is 3. The van der Waals surface area contributed by atoms with E-state index in [9.17, 15) is 14.4 Å². The van der Waals surface area contributed by atoms with Gasteiger partial charge in [-0.25, -0.2) is 4.79 Å². The van der Waals surface area contributed by atoms with E-state index in [1.807, 2.05) is 0 Å². The summed E-state index contributed by atoms with van der Waals surface area (Å²) in [5.74, 6) is -0.197. The average molecular weight is 470 g/mol. The summed E-state index contributed by atoms with van der Waals surface area (Å²) in [5.41, 5.74) is 0.622. The van der Waals surface area contributed by atoms with Gasteiger partial charge in [-0.05, 0) is 49.4 Å². The van der Waals surface area contributed by atoms with Crippen molar-refractivity contribution in [1.82, 2.24) is 4.90 Å². The van der Waals surface area contributed by atoms with E-state index in [2.05, 4.69) is 22.5 Å². The molecule has 1 aromatic rings. The second kappa shape index (κ2) is 9.79. The molecule has 1 saturated heterocycles. The smallest absolute Gasteiger partial charge is 0.329 e. The van der Waals surface area contributed by atoms with E-state index in [1.165, 1.54) is 14.0 Å². The highest BCUT2D eigenvalue weighted by molar-refractivity contribution is 9.10. The zero-order valence-electron chi connectivity index (χ0n) is 15.7. The van der Waals surface area contributed by atoms with Crippen LogP contribution in [0.2, 0.25) is 0 Å². The first-order valence-corrected chi connectivity index (χ1v) is 9.99. The zero-order chi connectivity index (χ0) is 20.8. The molecule has 0 N–H and O–H groups in total. The maximum absolute atomic E-state index is 12.7. The molecule has 0 unspecified atom stereocenters. The molecule has 7 nitrogen and oxygen atoms in total. The number of halogens is 1. The number of benzene rings is 1. The van der Waals surface area contributed by atoms with Crippen LogP contribution in [0.25, 0.3) is 6.08 Å². The summed E-state index contributed by atoms with van der Waals surface area (Å²) < 4.78 is 16.4. The number of amides is 2. The van der Waals surface area contributed by atoms with E-state index in [4.69, 9.17) is 14.2 Å². The Bertz CT molecular complexity index is 838. The molecular weight excluding hydrogens is 450 g/mol. The van der Waals surface area contributed by atoms with E-state index < -0.39 is 23.2 Å². The minimum atomic E-state index is -0.994. The molecule has 9 heteroatoms. The van der Waals surface area contributed by atoms with Crippen molar-refractivity contribution in [3.05, 3.63) is 39.7 Å². The molecule has 0 radical (unpaired) electrons. The van der Waals surface area contributed by atoms with Gasteiger partial charge < -0.3 is 14.2 Å². The van der Waals surface area contributed by atoms with Gasteiger partial charge in [0.1, 0.15) is 12.6 Å². The number of rotatable bonds is 8. The molecule has 2 rings (SSSR count). The van der Waals surface area contributed by atoms with E-state index in [0.717, 1.165) is 16.7 Å². The van der Waals surface area contributed by atoms with E-state index >= 15 is 0 Å². The lowest BCUT2D eigenvalue weighted by Gasteiger charge is -2.19. The predicted octanol–water partition coefficient (Wildman–Crippen LogP) is 4.01. The van der Waals surface area contributed by atoms with E-state index in [-0.39, 0.29) is 11.5 Å². The number of ether oxygens (including phenoxy) is 3. The SMILES string of the molecule is C=CCOc1cc(Br)c(/C=C2/SC(=O)N([C@H](C)C(=O)OCC)C2=O)cc1OC. The number of thioether (sulfide) groups is 1. The van der Waals surface area contributed by atoms with Gasteiger partial charge in [-0.15, -0.1) is 0 Å². The summed E-state index contributed by atoms with van der Waals surface area (Å²) in [6, 6.07) is 2.40. The van der Waals surface area contributed by atoms with E-state index in [0.29, 0.717) is 28.1 Å². The highest BCUT2D eigenvalue weighted by Crippen LogP contribution is 2.38. The van der Waals surface area contributed by atoms with Crippen molar-refractivity contribution in [2.45, 2.75) is 19.9 Å².